The first-order valence-electron chi connectivity index (χ1n) is 4.31. The predicted molar refractivity (Wildman–Crippen MR) is 45.1 cm³/mol. The van der Waals surface area contributed by atoms with E-state index in [0.29, 0.717) is 6.42 Å². The lowest BCUT2D eigenvalue weighted by Crippen LogP contribution is -2.29. The summed E-state index contributed by atoms with van der Waals surface area (Å²) in [7, 11) is 0. The highest BCUT2D eigenvalue weighted by Crippen LogP contribution is 2.12. The largest absolute Gasteiger partial charge is 0.291 e. The number of hydrogen-bond acceptors (Lipinski definition) is 4. The summed E-state index contributed by atoms with van der Waals surface area (Å²) in [4.78, 5) is 11.0. The standard InChI is InChI=1S/C8H14N2O2/c1-2-3-4-5-7-8(11)6-9-10(7)12/h6-7,12H,2-5H2,1H3. The Bertz CT molecular complexity index is 191. The lowest BCUT2D eigenvalue weighted by Gasteiger charge is -2.14. The van der Waals surface area contributed by atoms with Crippen LogP contribution < -0.4 is 0 Å². The predicted octanol–water partition coefficient (Wildman–Crippen LogP) is 1.20. The number of hydrogen-bond donors (Lipinski definition) is 1. The third-order valence-electron chi connectivity index (χ3n) is 1.99. The molecule has 1 heterocycles. The first-order chi connectivity index (χ1) is 5.75. The van der Waals surface area contributed by atoms with Gasteiger partial charge in [-0.15, -0.1) is 0 Å². The van der Waals surface area contributed by atoms with Crippen LogP contribution in [0.4, 0.5) is 0 Å². The number of hydroxylamine groups is 1. The van der Waals surface area contributed by atoms with E-state index in [0.717, 1.165) is 24.4 Å². The molecule has 0 aromatic rings. The normalized spacial score (nSPS) is 22.3. The van der Waals surface area contributed by atoms with Crippen molar-refractivity contribution >= 4 is 12.0 Å². The Kier molecular flexibility index (Phi) is 3.22. The molecule has 1 aliphatic heterocycles. The second kappa shape index (κ2) is 4.21. The van der Waals surface area contributed by atoms with E-state index in [1.165, 1.54) is 6.21 Å². The van der Waals surface area contributed by atoms with Crippen molar-refractivity contribution in [2.24, 2.45) is 5.10 Å². The van der Waals surface area contributed by atoms with E-state index in [2.05, 4.69) is 12.0 Å². The molecule has 0 amide bonds. The molecule has 4 nitrogen and oxygen atoms in total. The molecule has 1 unspecified atom stereocenters. The molecule has 12 heavy (non-hydrogen) atoms. The van der Waals surface area contributed by atoms with Crippen molar-refractivity contribution in [2.75, 3.05) is 0 Å². The molecular weight excluding hydrogens is 156 g/mol. The summed E-state index contributed by atoms with van der Waals surface area (Å²) >= 11 is 0. The summed E-state index contributed by atoms with van der Waals surface area (Å²) in [5.41, 5.74) is 0. The minimum absolute atomic E-state index is 0.0893. The Morgan fingerprint density at radius 3 is 2.92 bits per heavy atom. The minimum Gasteiger partial charge on any atom is -0.291 e. The monoisotopic (exact) mass is 170 g/mol. The summed E-state index contributed by atoms with van der Waals surface area (Å²) in [6, 6.07) is -0.420. The minimum atomic E-state index is -0.420. The molecule has 0 bridgehead atoms. The Morgan fingerprint density at radius 2 is 2.42 bits per heavy atom. The summed E-state index contributed by atoms with van der Waals surface area (Å²) in [5.74, 6) is -0.0893. The molecule has 1 atom stereocenters. The van der Waals surface area contributed by atoms with Crippen molar-refractivity contribution in [3.8, 4) is 0 Å². The molecule has 0 fully saturated rings. The Labute approximate surface area is 71.8 Å². The molecule has 0 saturated heterocycles. The van der Waals surface area contributed by atoms with Crippen molar-refractivity contribution in [3.63, 3.8) is 0 Å². The van der Waals surface area contributed by atoms with E-state index >= 15 is 0 Å². The van der Waals surface area contributed by atoms with E-state index in [9.17, 15) is 4.79 Å². The van der Waals surface area contributed by atoms with Gasteiger partial charge in [-0.1, -0.05) is 26.2 Å². The van der Waals surface area contributed by atoms with Gasteiger partial charge in [0.05, 0.1) is 6.21 Å². The lowest BCUT2D eigenvalue weighted by atomic mass is 10.1. The van der Waals surface area contributed by atoms with Gasteiger partial charge in [0.15, 0.2) is 0 Å². The van der Waals surface area contributed by atoms with Gasteiger partial charge in [0.2, 0.25) is 5.78 Å². The molecule has 0 saturated carbocycles. The second-order valence-corrected chi connectivity index (χ2v) is 2.98. The molecule has 68 valence electrons. The highest BCUT2D eigenvalue weighted by atomic mass is 16.5. The third-order valence-corrected chi connectivity index (χ3v) is 1.99. The number of ketones is 1. The quantitative estimate of drug-likeness (QED) is 0.645. The summed E-state index contributed by atoms with van der Waals surface area (Å²) < 4.78 is 0. The molecule has 1 aliphatic rings. The maximum absolute atomic E-state index is 11.0. The van der Waals surface area contributed by atoms with Crippen molar-refractivity contribution < 1.29 is 10.0 Å². The van der Waals surface area contributed by atoms with Crippen LogP contribution in [0.2, 0.25) is 0 Å². The molecule has 1 N–H and O–H groups in total. The van der Waals surface area contributed by atoms with E-state index in [4.69, 9.17) is 5.21 Å². The van der Waals surface area contributed by atoms with Gasteiger partial charge >= 0.3 is 0 Å². The van der Waals surface area contributed by atoms with Gasteiger partial charge in [0, 0.05) is 0 Å². The number of unbranched alkanes of at least 4 members (excludes halogenated alkanes) is 2. The molecule has 0 aromatic heterocycles. The lowest BCUT2D eigenvalue weighted by molar-refractivity contribution is -0.141. The topological polar surface area (TPSA) is 52.9 Å². The fraction of sp³-hybridized carbons (Fsp3) is 0.750. The van der Waals surface area contributed by atoms with E-state index in [1.807, 2.05) is 0 Å². The first kappa shape index (κ1) is 9.19. The van der Waals surface area contributed by atoms with Crippen molar-refractivity contribution in [1.29, 1.82) is 0 Å². The number of nitrogens with zero attached hydrogens (tertiary/aromatic N) is 2. The number of carbonyl (C=O) groups excluding carboxylic acids is 1. The molecular formula is C8H14N2O2. The Morgan fingerprint density at radius 1 is 1.67 bits per heavy atom. The maximum atomic E-state index is 11.0. The molecule has 4 heteroatoms. The van der Waals surface area contributed by atoms with Crippen LogP contribution in [0.25, 0.3) is 0 Å². The van der Waals surface area contributed by atoms with Crippen LogP contribution >= 0.6 is 0 Å². The van der Waals surface area contributed by atoms with Gasteiger partial charge < -0.3 is 0 Å². The van der Waals surface area contributed by atoms with Crippen LogP contribution in [0.5, 0.6) is 0 Å². The van der Waals surface area contributed by atoms with Crippen molar-refractivity contribution in [3.05, 3.63) is 0 Å². The fourth-order valence-electron chi connectivity index (χ4n) is 1.24. The van der Waals surface area contributed by atoms with Gasteiger partial charge in [-0.3, -0.25) is 10.0 Å². The van der Waals surface area contributed by atoms with Crippen LogP contribution in [0.1, 0.15) is 32.6 Å². The Balaban J connectivity index is 2.28. The maximum Gasteiger partial charge on any atom is 0.202 e. The number of rotatable bonds is 4. The van der Waals surface area contributed by atoms with E-state index in [-0.39, 0.29) is 5.78 Å². The zero-order chi connectivity index (χ0) is 8.97. The second-order valence-electron chi connectivity index (χ2n) is 2.98. The summed E-state index contributed by atoms with van der Waals surface area (Å²) in [6.45, 7) is 2.10. The summed E-state index contributed by atoms with van der Waals surface area (Å²) in [6.07, 6.45) is 5.05. The SMILES string of the molecule is CCCCCC1C(=O)C=NN1O. The molecule has 0 radical (unpaired) electrons. The third kappa shape index (κ3) is 2.04. The van der Waals surface area contributed by atoms with Crippen LogP contribution in [0.15, 0.2) is 5.10 Å². The van der Waals surface area contributed by atoms with Crippen LogP contribution in [-0.4, -0.2) is 28.4 Å². The molecule has 0 spiro atoms. The van der Waals surface area contributed by atoms with Crippen LogP contribution in [-0.2, 0) is 4.79 Å². The van der Waals surface area contributed by atoms with Gasteiger partial charge in [-0.25, -0.2) is 0 Å². The summed E-state index contributed by atoms with van der Waals surface area (Å²) in [5, 5.41) is 13.3. The van der Waals surface area contributed by atoms with Crippen molar-refractivity contribution in [1.82, 2.24) is 5.17 Å². The van der Waals surface area contributed by atoms with E-state index < -0.39 is 6.04 Å². The number of Topliss-reactive ketones (excluding diaryl/α,β-unsaturated/α-hetero) is 1. The van der Waals surface area contributed by atoms with Gasteiger partial charge in [-0.2, -0.15) is 10.3 Å². The van der Waals surface area contributed by atoms with Gasteiger partial charge in [0.1, 0.15) is 6.04 Å². The smallest absolute Gasteiger partial charge is 0.202 e. The number of carbonyl (C=O) groups is 1. The van der Waals surface area contributed by atoms with Crippen molar-refractivity contribution in [2.45, 2.75) is 38.6 Å². The average Bonchev–Trinajstić information content (AvgIpc) is 2.35. The van der Waals surface area contributed by atoms with E-state index in [1.54, 1.807) is 0 Å². The van der Waals surface area contributed by atoms with Gasteiger partial charge in [0.25, 0.3) is 0 Å². The highest BCUT2D eigenvalue weighted by Gasteiger charge is 2.26. The zero-order valence-electron chi connectivity index (χ0n) is 7.23. The number of hydrazone groups is 1. The molecule has 0 aromatic carbocycles. The van der Waals surface area contributed by atoms with Crippen LogP contribution in [0, 0.1) is 0 Å². The average molecular weight is 170 g/mol. The van der Waals surface area contributed by atoms with Gasteiger partial charge in [-0.05, 0) is 6.42 Å². The molecule has 0 aliphatic carbocycles. The highest BCUT2D eigenvalue weighted by molar-refractivity contribution is 6.31. The first-order valence-corrected chi connectivity index (χ1v) is 4.31. The van der Waals surface area contributed by atoms with Crippen LogP contribution in [0.3, 0.4) is 0 Å². The molecule has 1 rings (SSSR count). The zero-order valence-corrected chi connectivity index (χ0v) is 7.23. The fourth-order valence-corrected chi connectivity index (χ4v) is 1.24. The Hall–Kier alpha value is -0.900.